The first-order chi connectivity index (χ1) is 10.2. The molecule has 21 heavy (non-hydrogen) atoms. The number of nitrogens with one attached hydrogen (secondary N) is 1. The van der Waals surface area contributed by atoms with Crippen LogP contribution in [0.15, 0.2) is 29.1 Å². The van der Waals surface area contributed by atoms with Crippen LogP contribution < -0.4 is 5.32 Å². The second-order valence-corrected chi connectivity index (χ2v) is 6.25. The van der Waals surface area contributed by atoms with Crippen LogP contribution in [0.4, 0.5) is 0 Å². The van der Waals surface area contributed by atoms with Gasteiger partial charge in [-0.2, -0.15) is 5.10 Å². The summed E-state index contributed by atoms with van der Waals surface area (Å²) in [5.74, 6) is 0. The van der Waals surface area contributed by atoms with Crippen LogP contribution in [0, 0.1) is 0 Å². The first-order valence-corrected chi connectivity index (χ1v) is 8.39. The van der Waals surface area contributed by atoms with Crippen LogP contribution in [0.1, 0.15) is 44.0 Å². The lowest BCUT2D eigenvalue weighted by atomic mass is 10.1. The van der Waals surface area contributed by atoms with Crippen molar-refractivity contribution in [1.82, 2.24) is 20.1 Å². The molecule has 1 unspecified atom stereocenters. The van der Waals surface area contributed by atoms with E-state index in [9.17, 15) is 0 Å². The van der Waals surface area contributed by atoms with Crippen LogP contribution in [0.5, 0.6) is 0 Å². The Hall–Kier alpha value is -0.910. The van der Waals surface area contributed by atoms with Crippen LogP contribution in [0.2, 0.25) is 5.02 Å². The standard InChI is InChI=1S/C15H20BrClN4/c1-3-5-19-14(11-7-12(16)9-18-8-11)15-13(17)10-20-21(15)6-4-2/h7-10,14,19H,3-6H2,1-2H3. The topological polar surface area (TPSA) is 42.7 Å². The highest BCUT2D eigenvalue weighted by Gasteiger charge is 2.22. The molecule has 4 nitrogen and oxygen atoms in total. The van der Waals surface area contributed by atoms with E-state index >= 15 is 0 Å². The Morgan fingerprint density at radius 1 is 1.29 bits per heavy atom. The summed E-state index contributed by atoms with van der Waals surface area (Å²) < 4.78 is 2.94. The molecule has 0 fully saturated rings. The third-order valence-corrected chi connectivity index (χ3v) is 3.92. The van der Waals surface area contributed by atoms with E-state index in [4.69, 9.17) is 11.6 Å². The molecule has 1 N–H and O–H groups in total. The molecule has 0 amide bonds. The van der Waals surface area contributed by atoms with E-state index in [-0.39, 0.29) is 6.04 Å². The smallest absolute Gasteiger partial charge is 0.0837 e. The van der Waals surface area contributed by atoms with Crippen molar-refractivity contribution in [3.8, 4) is 0 Å². The highest BCUT2D eigenvalue weighted by molar-refractivity contribution is 9.10. The summed E-state index contributed by atoms with van der Waals surface area (Å²) in [6.45, 7) is 6.04. The molecule has 1 atom stereocenters. The summed E-state index contributed by atoms with van der Waals surface area (Å²) in [7, 11) is 0. The molecule has 0 aliphatic carbocycles. The predicted octanol–water partition coefficient (Wildman–Crippen LogP) is 4.19. The Labute approximate surface area is 139 Å². The lowest BCUT2D eigenvalue weighted by Crippen LogP contribution is -2.26. The molecule has 114 valence electrons. The average molecular weight is 372 g/mol. The van der Waals surface area contributed by atoms with Crippen molar-refractivity contribution in [1.29, 1.82) is 0 Å². The van der Waals surface area contributed by atoms with Crippen molar-refractivity contribution in [3.05, 3.63) is 45.4 Å². The Kier molecular flexibility index (Phi) is 6.21. The highest BCUT2D eigenvalue weighted by Crippen LogP contribution is 2.29. The van der Waals surface area contributed by atoms with Crippen LogP contribution >= 0.6 is 27.5 Å². The molecule has 0 aromatic carbocycles. The highest BCUT2D eigenvalue weighted by atomic mass is 79.9. The number of hydrogen-bond acceptors (Lipinski definition) is 3. The van der Waals surface area contributed by atoms with Gasteiger partial charge < -0.3 is 5.32 Å². The Morgan fingerprint density at radius 2 is 2.10 bits per heavy atom. The molecule has 0 bridgehead atoms. The zero-order valence-corrected chi connectivity index (χ0v) is 14.7. The zero-order chi connectivity index (χ0) is 15.2. The van der Waals surface area contributed by atoms with Crippen LogP contribution in [0.25, 0.3) is 0 Å². The number of hydrogen-bond donors (Lipinski definition) is 1. The van der Waals surface area contributed by atoms with Crippen molar-refractivity contribution in [3.63, 3.8) is 0 Å². The minimum atomic E-state index is -0.00324. The van der Waals surface area contributed by atoms with E-state index in [1.54, 1.807) is 12.4 Å². The lowest BCUT2D eigenvalue weighted by molar-refractivity contribution is 0.511. The average Bonchev–Trinajstić information content (AvgIpc) is 2.82. The fourth-order valence-electron chi connectivity index (χ4n) is 2.30. The molecular formula is C15H20BrClN4. The van der Waals surface area contributed by atoms with E-state index in [1.165, 1.54) is 0 Å². The minimum absolute atomic E-state index is 0.00324. The fraction of sp³-hybridized carbons (Fsp3) is 0.467. The molecule has 0 saturated heterocycles. The van der Waals surface area contributed by atoms with Crippen molar-refractivity contribution in [2.45, 2.75) is 39.3 Å². The maximum Gasteiger partial charge on any atom is 0.0837 e. The summed E-state index contributed by atoms with van der Waals surface area (Å²) in [5, 5.41) is 8.64. The summed E-state index contributed by atoms with van der Waals surface area (Å²) in [6, 6.07) is 2.07. The van der Waals surface area contributed by atoms with Crippen LogP contribution in [0.3, 0.4) is 0 Å². The van der Waals surface area contributed by atoms with Crippen LogP contribution in [-0.2, 0) is 6.54 Å². The SMILES string of the molecule is CCCNC(c1cncc(Br)c1)c1c(Cl)cnn1CCC. The molecule has 6 heteroatoms. The summed E-state index contributed by atoms with van der Waals surface area (Å²) in [6.07, 6.45) is 7.45. The second kappa shape index (κ2) is 7.92. The van der Waals surface area contributed by atoms with Gasteiger partial charge in [0.25, 0.3) is 0 Å². The van der Waals surface area contributed by atoms with Gasteiger partial charge in [-0.15, -0.1) is 0 Å². The number of rotatable bonds is 7. The number of aromatic nitrogens is 3. The molecule has 0 aliphatic rings. The molecule has 2 aromatic rings. The van der Waals surface area contributed by atoms with Crippen LogP contribution in [-0.4, -0.2) is 21.3 Å². The molecule has 0 radical (unpaired) electrons. The third kappa shape index (κ3) is 4.05. The lowest BCUT2D eigenvalue weighted by Gasteiger charge is -2.21. The van der Waals surface area contributed by atoms with E-state index < -0.39 is 0 Å². The Balaban J connectivity index is 2.42. The van der Waals surface area contributed by atoms with Crippen molar-refractivity contribution in [2.24, 2.45) is 0 Å². The van der Waals surface area contributed by atoms with Gasteiger partial charge in [0, 0.05) is 23.4 Å². The molecular weight excluding hydrogens is 352 g/mol. The van der Waals surface area contributed by atoms with E-state index in [1.807, 2.05) is 10.9 Å². The minimum Gasteiger partial charge on any atom is -0.305 e. The number of aryl methyl sites for hydroxylation is 1. The van der Waals surface area contributed by atoms with Gasteiger partial charge in [-0.3, -0.25) is 9.67 Å². The molecule has 0 saturated carbocycles. The number of pyridine rings is 1. The van der Waals surface area contributed by atoms with E-state index in [0.29, 0.717) is 5.02 Å². The molecule has 0 spiro atoms. The Morgan fingerprint density at radius 3 is 2.76 bits per heavy atom. The summed E-state index contributed by atoms with van der Waals surface area (Å²) in [5.41, 5.74) is 2.09. The van der Waals surface area contributed by atoms with Gasteiger partial charge in [0.05, 0.1) is 23.0 Å². The maximum atomic E-state index is 6.39. The van der Waals surface area contributed by atoms with Gasteiger partial charge in [-0.05, 0) is 46.9 Å². The van der Waals surface area contributed by atoms with Gasteiger partial charge in [0.2, 0.25) is 0 Å². The molecule has 2 rings (SSSR count). The summed E-state index contributed by atoms with van der Waals surface area (Å²) >= 11 is 9.87. The van der Waals surface area contributed by atoms with E-state index in [2.05, 4.69) is 51.2 Å². The molecule has 2 heterocycles. The largest absolute Gasteiger partial charge is 0.305 e. The van der Waals surface area contributed by atoms with Gasteiger partial charge >= 0.3 is 0 Å². The first kappa shape index (κ1) is 16.5. The number of halogens is 2. The predicted molar refractivity (Wildman–Crippen MR) is 89.6 cm³/mol. The van der Waals surface area contributed by atoms with Gasteiger partial charge in [0.1, 0.15) is 0 Å². The van der Waals surface area contributed by atoms with Gasteiger partial charge in [-0.25, -0.2) is 0 Å². The van der Waals surface area contributed by atoms with Crippen molar-refractivity contribution < 1.29 is 0 Å². The molecule has 0 aliphatic heterocycles. The quantitative estimate of drug-likeness (QED) is 0.793. The Bertz CT molecular complexity index is 585. The summed E-state index contributed by atoms with van der Waals surface area (Å²) in [4.78, 5) is 4.27. The monoisotopic (exact) mass is 370 g/mol. The number of nitrogens with zero attached hydrogens (tertiary/aromatic N) is 3. The molecule has 2 aromatic heterocycles. The second-order valence-electron chi connectivity index (χ2n) is 4.92. The van der Waals surface area contributed by atoms with Gasteiger partial charge in [0.15, 0.2) is 0 Å². The third-order valence-electron chi connectivity index (χ3n) is 3.20. The normalized spacial score (nSPS) is 12.6. The van der Waals surface area contributed by atoms with Crippen molar-refractivity contribution >= 4 is 27.5 Å². The van der Waals surface area contributed by atoms with Gasteiger partial charge in [-0.1, -0.05) is 25.4 Å². The zero-order valence-electron chi connectivity index (χ0n) is 12.3. The fourth-order valence-corrected chi connectivity index (χ4v) is 2.93. The first-order valence-electron chi connectivity index (χ1n) is 7.22. The van der Waals surface area contributed by atoms with E-state index in [0.717, 1.165) is 41.7 Å². The maximum absolute atomic E-state index is 6.39. The van der Waals surface area contributed by atoms with Crippen molar-refractivity contribution in [2.75, 3.05) is 6.54 Å².